The number of hydrogen-bond acceptors (Lipinski definition) is 4. The molecule has 20 rings (SSSR count). The van der Waals surface area contributed by atoms with Gasteiger partial charge in [-0.05, 0) is 207 Å². The fourth-order valence-electron chi connectivity index (χ4n) is 15.7. The number of rotatable bonds is 12. The first-order chi connectivity index (χ1) is 51.5. The highest BCUT2D eigenvalue weighted by Crippen LogP contribution is 2.45. The van der Waals surface area contributed by atoms with E-state index in [1.807, 2.05) is 66.7 Å². The monoisotopic (exact) mass is 1320 g/mol. The van der Waals surface area contributed by atoms with E-state index in [0.29, 0.717) is 17.5 Å². The molecule has 5 nitrogen and oxygen atoms in total. The number of para-hydroxylation sites is 1. The zero-order valence-electron chi connectivity index (χ0n) is 56.5. The first-order valence-electron chi connectivity index (χ1n) is 35.4. The number of hydrogen-bond donors (Lipinski definition) is 0. The number of furan rings is 1. The van der Waals surface area contributed by atoms with E-state index in [1.54, 1.807) is 0 Å². The molecular formula is C99H62N4O. The van der Waals surface area contributed by atoms with Crippen molar-refractivity contribution in [1.82, 2.24) is 19.5 Å². The first kappa shape index (κ1) is 60.1. The van der Waals surface area contributed by atoms with Crippen molar-refractivity contribution in [3.8, 4) is 129 Å². The third-order valence-corrected chi connectivity index (χ3v) is 20.8. The summed E-state index contributed by atoms with van der Waals surface area (Å²) in [5.74, 6) is 1.88. The Bertz CT molecular complexity index is 6710. The van der Waals surface area contributed by atoms with E-state index in [-0.39, 0.29) is 0 Å². The van der Waals surface area contributed by atoms with Gasteiger partial charge in [0.25, 0.3) is 0 Å². The molecule has 5 heteroatoms. The van der Waals surface area contributed by atoms with Crippen LogP contribution in [0.25, 0.3) is 205 Å². The average molecular weight is 1320 g/mol. The minimum Gasteiger partial charge on any atom is -0.455 e. The van der Waals surface area contributed by atoms with Gasteiger partial charge in [0.1, 0.15) is 11.2 Å². The Morgan fingerprint density at radius 1 is 0.183 bits per heavy atom. The highest BCUT2D eigenvalue weighted by Gasteiger charge is 2.21. The lowest BCUT2D eigenvalue weighted by atomic mass is 9.92. The molecule has 104 heavy (non-hydrogen) atoms. The van der Waals surface area contributed by atoms with Gasteiger partial charge in [-0.1, -0.05) is 285 Å². The van der Waals surface area contributed by atoms with Crippen molar-refractivity contribution in [2.75, 3.05) is 0 Å². The molecule has 0 spiro atoms. The first-order valence-corrected chi connectivity index (χ1v) is 35.4. The van der Waals surface area contributed by atoms with Crippen LogP contribution >= 0.6 is 0 Å². The molecule has 0 aliphatic carbocycles. The van der Waals surface area contributed by atoms with Gasteiger partial charge in [-0.15, -0.1) is 0 Å². The number of aromatic nitrogens is 4. The molecule has 17 aromatic carbocycles. The molecule has 484 valence electrons. The maximum Gasteiger partial charge on any atom is 0.164 e. The Kier molecular flexibility index (Phi) is 14.5. The van der Waals surface area contributed by atoms with Crippen molar-refractivity contribution in [3.05, 3.63) is 376 Å². The second kappa shape index (κ2) is 25.1. The summed E-state index contributed by atoms with van der Waals surface area (Å²) >= 11 is 0. The van der Waals surface area contributed by atoms with Gasteiger partial charge in [0.15, 0.2) is 17.5 Å². The molecule has 0 fully saturated rings. The third kappa shape index (κ3) is 10.7. The fraction of sp³-hybridized carbons (Fsp3) is 0. The molecule has 0 N–H and O–H groups in total. The Balaban J connectivity index is 0.654. The highest BCUT2D eigenvalue weighted by molar-refractivity contribution is 6.29. The van der Waals surface area contributed by atoms with E-state index in [1.165, 1.54) is 82.0 Å². The van der Waals surface area contributed by atoms with E-state index < -0.39 is 0 Å². The number of benzene rings is 17. The summed E-state index contributed by atoms with van der Waals surface area (Å²) in [4.78, 5) is 15.0. The second-order valence-electron chi connectivity index (χ2n) is 27.0. The second-order valence-corrected chi connectivity index (χ2v) is 27.0. The summed E-state index contributed by atoms with van der Waals surface area (Å²) in [5, 5.41) is 12.1. The van der Waals surface area contributed by atoms with Gasteiger partial charge in [-0.25, -0.2) is 15.0 Å². The lowest BCUT2D eigenvalue weighted by Gasteiger charge is -2.13. The topological polar surface area (TPSA) is 56.7 Å². The van der Waals surface area contributed by atoms with Crippen LogP contribution in [0.1, 0.15) is 0 Å². The average Bonchev–Trinajstić information content (AvgIpc) is 1.29. The van der Waals surface area contributed by atoms with Crippen molar-refractivity contribution in [2.24, 2.45) is 0 Å². The standard InChI is InChI=1S/C99H62N4O/c1-4-22-63(23-5-1)67-28-16-30-69(52-67)70-31-19-34-73(55-70)77-48-51-93-90(58-77)91-61-88-84-42-12-10-40-82(84)83-41-11-13-43-85(83)89(88)62-94(91)103(93)81-49-46-64(47-50-81)68-29-17-37-76(53-68)80-59-87(96-92(60-80)86-44-14-15-45-95(86)104-96)78-38-20-35-74(56-78)71-32-18-33-72(54-71)75-36-21-39-79(57-75)99-101-97(65-24-6-2-7-25-65)100-98(102-99)66-26-8-3-9-27-66/h1-62H. The van der Waals surface area contributed by atoms with E-state index in [0.717, 1.165) is 105 Å². The number of nitrogens with zero attached hydrogens (tertiary/aromatic N) is 4. The predicted molar refractivity (Wildman–Crippen MR) is 434 cm³/mol. The van der Waals surface area contributed by atoms with Gasteiger partial charge < -0.3 is 8.98 Å². The maximum absolute atomic E-state index is 6.85. The molecule has 0 bridgehead atoms. The van der Waals surface area contributed by atoms with Gasteiger partial charge in [-0.3, -0.25) is 0 Å². The van der Waals surface area contributed by atoms with E-state index in [2.05, 4.69) is 314 Å². The molecule has 0 radical (unpaired) electrons. The normalized spacial score (nSPS) is 11.7. The van der Waals surface area contributed by atoms with Crippen LogP contribution in [-0.4, -0.2) is 19.5 Å². The molecule has 0 unspecified atom stereocenters. The Morgan fingerprint density at radius 2 is 0.519 bits per heavy atom. The number of fused-ring (bicyclic) bond motifs is 12. The van der Waals surface area contributed by atoms with E-state index in [4.69, 9.17) is 19.4 Å². The lowest BCUT2D eigenvalue weighted by molar-refractivity contribution is 0.670. The quantitative estimate of drug-likeness (QED) is 0.114. The molecule has 0 saturated carbocycles. The fourth-order valence-corrected chi connectivity index (χ4v) is 15.7. The van der Waals surface area contributed by atoms with E-state index in [9.17, 15) is 0 Å². The summed E-state index contributed by atoms with van der Waals surface area (Å²) in [5.41, 5.74) is 26.0. The molecule has 0 aliphatic heterocycles. The molecule has 20 aromatic rings. The molecule has 0 amide bonds. The Hall–Kier alpha value is -13.9. The summed E-state index contributed by atoms with van der Waals surface area (Å²) in [6.07, 6.45) is 0. The van der Waals surface area contributed by atoms with E-state index >= 15 is 0 Å². The molecular weight excluding hydrogens is 1260 g/mol. The largest absolute Gasteiger partial charge is 0.455 e. The van der Waals surface area contributed by atoms with Crippen molar-refractivity contribution < 1.29 is 4.42 Å². The smallest absolute Gasteiger partial charge is 0.164 e. The molecule has 3 heterocycles. The van der Waals surface area contributed by atoms with Crippen molar-refractivity contribution in [3.63, 3.8) is 0 Å². The van der Waals surface area contributed by atoms with Gasteiger partial charge in [0, 0.05) is 49.5 Å². The van der Waals surface area contributed by atoms with Crippen LogP contribution in [0, 0.1) is 0 Å². The lowest BCUT2D eigenvalue weighted by Crippen LogP contribution is -2.00. The molecule has 0 atom stereocenters. The summed E-state index contributed by atoms with van der Waals surface area (Å²) in [7, 11) is 0. The SMILES string of the molecule is c1ccc(-c2cccc(-c3cccc(-c4ccc5c(c4)c4cc6c7ccccc7c7ccccc7c6cc4n5-c4ccc(-c5cccc(-c6cc(-c7cccc(-c8cccc(-c9cccc(-c%10nc(-c%11ccccc%11)nc(-c%11ccccc%11)n%10)c9)c8)c7)c7oc8ccccc8c7c6)c5)cc4)c3)c2)cc1. The molecule has 3 aromatic heterocycles. The van der Waals surface area contributed by atoms with Gasteiger partial charge in [-0.2, -0.15) is 0 Å². The van der Waals surface area contributed by atoms with Gasteiger partial charge in [0.2, 0.25) is 0 Å². The van der Waals surface area contributed by atoms with Crippen molar-refractivity contribution in [2.45, 2.75) is 0 Å². The van der Waals surface area contributed by atoms with Crippen LogP contribution in [0.15, 0.2) is 381 Å². The highest BCUT2D eigenvalue weighted by atomic mass is 16.3. The molecule has 0 aliphatic rings. The van der Waals surface area contributed by atoms with Crippen LogP contribution in [0.4, 0.5) is 0 Å². The van der Waals surface area contributed by atoms with Gasteiger partial charge >= 0.3 is 0 Å². The zero-order chi connectivity index (χ0) is 68.6. The minimum absolute atomic E-state index is 0.618. The summed E-state index contributed by atoms with van der Waals surface area (Å²) in [6.45, 7) is 0. The van der Waals surface area contributed by atoms with Crippen molar-refractivity contribution in [1.29, 1.82) is 0 Å². The Labute approximate surface area is 601 Å². The van der Waals surface area contributed by atoms with Crippen LogP contribution in [0.5, 0.6) is 0 Å². The molecule has 0 saturated heterocycles. The van der Waals surface area contributed by atoms with Crippen molar-refractivity contribution >= 4 is 76.1 Å². The predicted octanol–water partition coefficient (Wildman–Crippen LogP) is 26.7. The third-order valence-electron chi connectivity index (χ3n) is 20.8. The van der Waals surface area contributed by atoms with Crippen LogP contribution in [-0.2, 0) is 0 Å². The van der Waals surface area contributed by atoms with Crippen LogP contribution < -0.4 is 0 Å². The Morgan fingerprint density at radius 3 is 1.04 bits per heavy atom. The maximum atomic E-state index is 6.85. The summed E-state index contributed by atoms with van der Waals surface area (Å²) < 4.78 is 9.33. The van der Waals surface area contributed by atoms with Crippen LogP contribution in [0.2, 0.25) is 0 Å². The minimum atomic E-state index is 0.618. The summed E-state index contributed by atoms with van der Waals surface area (Å²) in [6, 6.07) is 136. The van der Waals surface area contributed by atoms with Gasteiger partial charge in [0.05, 0.1) is 11.0 Å². The van der Waals surface area contributed by atoms with Crippen LogP contribution in [0.3, 0.4) is 0 Å². The zero-order valence-corrected chi connectivity index (χ0v) is 56.5.